The molecule has 0 amide bonds. The Labute approximate surface area is 97.9 Å². The van der Waals surface area contributed by atoms with Gasteiger partial charge >= 0.3 is 12.1 Å². The van der Waals surface area contributed by atoms with Crippen molar-refractivity contribution >= 4 is 5.97 Å². The molecule has 1 fully saturated rings. The van der Waals surface area contributed by atoms with Crippen LogP contribution in [0.2, 0.25) is 0 Å². The van der Waals surface area contributed by atoms with Crippen molar-refractivity contribution in [3.8, 4) is 0 Å². The van der Waals surface area contributed by atoms with E-state index in [0.29, 0.717) is 12.8 Å². The zero-order valence-electron chi connectivity index (χ0n) is 9.88. The van der Waals surface area contributed by atoms with Crippen molar-refractivity contribution in [1.82, 2.24) is 4.90 Å². The van der Waals surface area contributed by atoms with E-state index in [9.17, 15) is 18.0 Å². The van der Waals surface area contributed by atoms with Gasteiger partial charge in [-0.2, -0.15) is 13.2 Å². The summed E-state index contributed by atoms with van der Waals surface area (Å²) < 4.78 is 41.2. The first-order valence-corrected chi connectivity index (χ1v) is 5.32. The predicted molar refractivity (Wildman–Crippen MR) is 55.3 cm³/mol. The molecule has 7 heteroatoms. The highest BCUT2D eigenvalue weighted by atomic mass is 19.4. The molecule has 2 unspecified atom stereocenters. The summed E-state index contributed by atoms with van der Waals surface area (Å²) in [5.41, 5.74) is 4.68. The smallest absolute Gasteiger partial charge is 0.401 e. The summed E-state index contributed by atoms with van der Waals surface area (Å²) in [6, 6.07) is -0.333. The van der Waals surface area contributed by atoms with Gasteiger partial charge in [-0.05, 0) is 26.3 Å². The molecule has 0 saturated heterocycles. The highest BCUT2D eigenvalue weighted by Gasteiger charge is 2.45. The normalized spacial score (nSPS) is 29.7. The second kappa shape index (κ2) is 4.81. The Hall–Kier alpha value is -0.820. The minimum absolute atomic E-state index is 0.201. The molecule has 0 radical (unpaired) electrons. The van der Waals surface area contributed by atoms with Gasteiger partial charge in [-0.1, -0.05) is 0 Å². The molecule has 0 aliphatic heterocycles. The lowest BCUT2D eigenvalue weighted by Crippen LogP contribution is -2.48. The summed E-state index contributed by atoms with van der Waals surface area (Å²) in [7, 11) is 2.62. The molecule has 0 heterocycles. The van der Waals surface area contributed by atoms with Crippen LogP contribution in [0.5, 0.6) is 0 Å². The van der Waals surface area contributed by atoms with E-state index in [1.165, 1.54) is 19.1 Å². The fourth-order valence-electron chi connectivity index (χ4n) is 2.23. The van der Waals surface area contributed by atoms with E-state index in [1.807, 2.05) is 0 Å². The van der Waals surface area contributed by atoms with Crippen LogP contribution in [0.25, 0.3) is 0 Å². The van der Waals surface area contributed by atoms with Crippen molar-refractivity contribution in [2.75, 3.05) is 20.7 Å². The third kappa shape index (κ3) is 3.57. The highest BCUT2D eigenvalue weighted by molar-refractivity contribution is 5.81. The van der Waals surface area contributed by atoms with E-state index < -0.39 is 24.2 Å². The van der Waals surface area contributed by atoms with E-state index in [4.69, 9.17) is 5.73 Å². The third-order valence-electron chi connectivity index (χ3n) is 3.17. The number of rotatable bonds is 3. The lowest BCUT2D eigenvalue weighted by atomic mass is 9.99. The number of methoxy groups -OCH3 is 1. The first-order chi connectivity index (χ1) is 7.68. The molecule has 2 atom stereocenters. The van der Waals surface area contributed by atoms with Gasteiger partial charge in [-0.15, -0.1) is 0 Å². The molecule has 0 spiro atoms. The molecule has 4 nitrogen and oxygen atoms in total. The topological polar surface area (TPSA) is 55.6 Å². The molecule has 1 saturated carbocycles. The number of halogens is 3. The Morgan fingerprint density at radius 2 is 2.18 bits per heavy atom. The zero-order valence-corrected chi connectivity index (χ0v) is 9.88. The van der Waals surface area contributed by atoms with Crippen LogP contribution < -0.4 is 5.73 Å². The van der Waals surface area contributed by atoms with E-state index in [0.717, 1.165) is 0 Å². The van der Waals surface area contributed by atoms with Gasteiger partial charge in [0.2, 0.25) is 0 Å². The number of carbonyl (C=O) groups is 1. The van der Waals surface area contributed by atoms with Gasteiger partial charge < -0.3 is 10.5 Å². The van der Waals surface area contributed by atoms with Crippen LogP contribution in [0.4, 0.5) is 13.2 Å². The van der Waals surface area contributed by atoms with Crippen LogP contribution in [-0.4, -0.2) is 49.3 Å². The van der Waals surface area contributed by atoms with E-state index in [2.05, 4.69) is 4.74 Å². The molecule has 17 heavy (non-hydrogen) atoms. The molecule has 0 bridgehead atoms. The monoisotopic (exact) mass is 254 g/mol. The minimum Gasteiger partial charge on any atom is -0.468 e. The maximum Gasteiger partial charge on any atom is 0.401 e. The average molecular weight is 254 g/mol. The van der Waals surface area contributed by atoms with Crippen LogP contribution in [0, 0.1) is 0 Å². The zero-order chi connectivity index (χ0) is 13.3. The number of alkyl halides is 3. The number of carbonyl (C=O) groups excluding carboxylic acids is 1. The number of ether oxygens (including phenoxy) is 1. The summed E-state index contributed by atoms with van der Waals surface area (Å²) in [4.78, 5) is 12.6. The van der Waals surface area contributed by atoms with Crippen LogP contribution in [0.3, 0.4) is 0 Å². The largest absolute Gasteiger partial charge is 0.468 e. The highest BCUT2D eigenvalue weighted by Crippen LogP contribution is 2.32. The maximum atomic E-state index is 12.2. The Bertz CT molecular complexity index is 296. The molecular formula is C10H17F3N2O2. The van der Waals surface area contributed by atoms with Crippen LogP contribution in [0.15, 0.2) is 0 Å². The minimum atomic E-state index is -4.24. The molecule has 0 aromatic heterocycles. The van der Waals surface area contributed by atoms with Gasteiger partial charge in [-0.3, -0.25) is 9.69 Å². The van der Waals surface area contributed by atoms with Gasteiger partial charge in [0.05, 0.1) is 13.7 Å². The van der Waals surface area contributed by atoms with Crippen molar-refractivity contribution in [2.24, 2.45) is 5.73 Å². The Kier molecular flexibility index (Phi) is 4.03. The summed E-state index contributed by atoms with van der Waals surface area (Å²) >= 11 is 0. The summed E-state index contributed by atoms with van der Waals surface area (Å²) in [5.74, 6) is -0.555. The van der Waals surface area contributed by atoms with Gasteiger partial charge in [0.1, 0.15) is 5.54 Å². The van der Waals surface area contributed by atoms with Crippen LogP contribution in [0.1, 0.15) is 19.3 Å². The standard InChI is InChI=1S/C10H17F3N2O2/c1-15(6-10(11,12)13)7-3-4-9(14,5-7)8(16)17-2/h7H,3-6,14H2,1-2H3. The van der Waals surface area contributed by atoms with Crippen molar-refractivity contribution in [2.45, 2.75) is 37.0 Å². The fraction of sp³-hybridized carbons (Fsp3) is 0.900. The fourth-order valence-corrected chi connectivity index (χ4v) is 2.23. The third-order valence-corrected chi connectivity index (χ3v) is 3.17. The SMILES string of the molecule is COC(=O)C1(N)CCC(N(C)CC(F)(F)F)C1. The summed E-state index contributed by atoms with van der Waals surface area (Å²) in [5, 5.41) is 0. The maximum absolute atomic E-state index is 12.2. The predicted octanol–water partition coefficient (Wildman–Crippen LogP) is 0.903. The van der Waals surface area contributed by atoms with Crippen molar-refractivity contribution in [3.63, 3.8) is 0 Å². The second-order valence-corrected chi connectivity index (χ2v) is 4.57. The molecule has 1 aliphatic rings. The van der Waals surface area contributed by atoms with Crippen LogP contribution >= 0.6 is 0 Å². The van der Waals surface area contributed by atoms with Gasteiger partial charge in [0.25, 0.3) is 0 Å². The second-order valence-electron chi connectivity index (χ2n) is 4.57. The first-order valence-electron chi connectivity index (χ1n) is 5.32. The number of nitrogens with zero attached hydrogens (tertiary/aromatic N) is 1. The Morgan fingerprint density at radius 1 is 1.59 bits per heavy atom. The number of hydrogen-bond acceptors (Lipinski definition) is 4. The van der Waals surface area contributed by atoms with Gasteiger partial charge in [-0.25, -0.2) is 0 Å². The van der Waals surface area contributed by atoms with Crippen LogP contribution in [-0.2, 0) is 9.53 Å². The van der Waals surface area contributed by atoms with E-state index in [-0.39, 0.29) is 12.5 Å². The molecular weight excluding hydrogens is 237 g/mol. The lowest BCUT2D eigenvalue weighted by molar-refractivity contribution is -0.149. The average Bonchev–Trinajstić information content (AvgIpc) is 2.58. The Balaban J connectivity index is 2.58. The van der Waals surface area contributed by atoms with E-state index in [1.54, 1.807) is 0 Å². The molecule has 2 N–H and O–H groups in total. The molecule has 0 aromatic rings. The lowest BCUT2D eigenvalue weighted by Gasteiger charge is -2.27. The quantitative estimate of drug-likeness (QED) is 0.760. The number of esters is 1. The van der Waals surface area contributed by atoms with Gasteiger partial charge in [0, 0.05) is 6.04 Å². The molecule has 100 valence electrons. The summed E-state index contributed by atoms with van der Waals surface area (Å²) in [6.45, 7) is -0.991. The summed E-state index contributed by atoms with van der Waals surface area (Å²) in [6.07, 6.45) is -3.21. The molecule has 1 aliphatic carbocycles. The number of nitrogens with two attached hydrogens (primary N) is 1. The molecule has 0 aromatic carbocycles. The first kappa shape index (κ1) is 14.2. The van der Waals surface area contributed by atoms with Crippen molar-refractivity contribution in [1.29, 1.82) is 0 Å². The van der Waals surface area contributed by atoms with Crippen molar-refractivity contribution < 1.29 is 22.7 Å². The van der Waals surface area contributed by atoms with Crippen molar-refractivity contribution in [3.05, 3.63) is 0 Å². The van der Waals surface area contributed by atoms with Gasteiger partial charge in [0.15, 0.2) is 0 Å². The number of hydrogen-bond donors (Lipinski definition) is 1. The van der Waals surface area contributed by atoms with E-state index >= 15 is 0 Å². The molecule has 1 rings (SSSR count). The Morgan fingerprint density at radius 3 is 2.65 bits per heavy atom.